The summed E-state index contributed by atoms with van der Waals surface area (Å²) in [5.41, 5.74) is 1.71. The highest BCUT2D eigenvalue weighted by Crippen LogP contribution is 2.33. The fourth-order valence-electron chi connectivity index (χ4n) is 1.65. The zero-order chi connectivity index (χ0) is 10.6. The molecule has 0 saturated carbocycles. The Bertz CT molecular complexity index is 246. The number of thiophene rings is 1. The molecule has 0 aromatic carbocycles. The fraction of sp³-hybridized carbons (Fsp3) is 0.667. The summed E-state index contributed by atoms with van der Waals surface area (Å²) in [5, 5.41) is 8.02. The Morgan fingerprint density at radius 1 is 1.43 bits per heavy atom. The van der Waals surface area contributed by atoms with Gasteiger partial charge in [0, 0.05) is 6.04 Å². The van der Waals surface area contributed by atoms with Gasteiger partial charge in [-0.05, 0) is 40.8 Å². The first-order valence-corrected chi connectivity index (χ1v) is 6.25. The monoisotopic (exact) mass is 211 g/mol. The van der Waals surface area contributed by atoms with Gasteiger partial charge >= 0.3 is 0 Å². The van der Waals surface area contributed by atoms with Gasteiger partial charge in [-0.25, -0.2) is 0 Å². The maximum atomic E-state index is 3.62. The molecule has 1 aromatic heterocycles. The van der Waals surface area contributed by atoms with Crippen LogP contribution >= 0.6 is 11.3 Å². The Labute approximate surface area is 91.5 Å². The van der Waals surface area contributed by atoms with Crippen LogP contribution in [0.5, 0.6) is 0 Å². The summed E-state index contributed by atoms with van der Waals surface area (Å²) in [6.45, 7) is 10.2. The molecule has 1 atom stereocenters. The number of nitrogens with one attached hydrogen (secondary N) is 1. The summed E-state index contributed by atoms with van der Waals surface area (Å²) in [7, 11) is 0. The highest BCUT2D eigenvalue weighted by atomic mass is 32.1. The van der Waals surface area contributed by atoms with Crippen molar-refractivity contribution in [1.29, 1.82) is 0 Å². The number of hydrogen-bond acceptors (Lipinski definition) is 2. The van der Waals surface area contributed by atoms with Gasteiger partial charge < -0.3 is 5.32 Å². The average Bonchev–Trinajstić information content (AvgIpc) is 2.55. The van der Waals surface area contributed by atoms with Crippen molar-refractivity contribution in [2.45, 2.75) is 40.2 Å². The Morgan fingerprint density at radius 2 is 2.14 bits per heavy atom. The van der Waals surface area contributed by atoms with Crippen molar-refractivity contribution in [3.8, 4) is 0 Å². The minimum atomic E-state index is 0.288. The van der Waals surface area contributed by atoms with Crippen LogP contribution in [0, 0.1) is 5.41 Å². The first-order valence-electron chi connectivity index (χ1n) is 5.31. The molecule has 0 bridgehead atoms. The topological polar surface area (TPSA) is 12.0 Å². The van der Waals surface area contributed by atoms with Gasteiger partial charge in [0.15, 0.2) is 0 Å². The van der Waals surface area contributed by atoms with E-state index in [9.17, 15) is 0 Å². The van der Waals surface area contributed by atoms with E-state index in [1.807, 2.05) is 0 Å². The minimum absolute atomic E-state index is 0.288. The molecule has 1 aromatic rings. The summed E-state index contributed by atoms with van der Waals surface area (Å²) >= 11 is 1.78. The lowest BCUT2D eigenvalue weighted by atomic mass is 9.83. The van der Waals surface area contributed by atoms with Gasteiger partial charge in [-0.15, -0.1) is 0 Å². The smallest absolute Gasteiger partial charge is 0.0377 e. The molecule has 0 amide bonds. The lowest BCUT2D eigenvalue weighted by Gasteiger charge is -2.31. The van der Waals surface area contributed by atoms with Crippen LogP contribution in [0.25, 0.3) is 0 Å². The molecule has 0 aliphatic carbocycles. The Kier molecular flexibility index (Phi) is 4.14. The molecule has 1 unspecified atom stereocenters. The second-order valence-corrected chi connectivity index (χ2v) is 5.59. The van der Waals surface area contributed by atoms with Gasteiger partial charge in [0.2, 0.25) is 0 Å². The summed E-state index contributed by atoms with van der Waals surface area (Å²) in [4.78, 5) is 0. The number of rotatable bonds is 4. The zero-order valence-electron chi connectivity index (χ0n) is 9.63. The molecule has 0 saturated heterocycles. The van der Waals surface area contributed by atoms with Gasteiger partial charge in [0.1, 0.15) is 0 Å². The molecule has 0 aliphatic rings. The molecule has 0 radical (unpaired) electrons. The maximum Gasteiger partial charge on any atom is 0.0377 e. The van der Waals surface area contributed by atoms with Crippen molar-refractivity contribution in [3.05, 3.63) is 22.4 Å². The molecule has 1 heterocycles. The fourth-order valence-corrected chi connectivity index (χ4v) is 2.34. The van der Waals surface area contributed by atoms with Crippen LogP contribution in [-0.4, -0.2) is 6.54 Å². The Morgan fingerprint density at radius 3 is 2.57 bits per heavy atom. The molecular formula is C12H21NS. The molecule has 0 aliphatic heterocycles. The Balaban J connectivity index is 2.73. The average molecular weight is 211 g/mol. The second kappa shape index (κ2) is 4.94. The van der Waals surface area contributed by atoms with Crippen LogP contribution in [-0.2, 0) is 0 Å². The van der Waals surface area contributed by atoms with Crippen molar-refractivity contribution in [2.24, 2.45) is 5.41 Å². The van der Waals surface area contributed by atoms with E-state index in [0.29, 0.717) is 6.04 Å². The highest BCUT2D eigenvalue weighted by Gasteiger charge is 2.25. The van der Waals surface area contributed by atoms with Gasteiger partial charge in [-0.1, -0.05) is 27.7 Å². The minimum Gasteiger partial charge on any atom is -0.309 e. The molecule has 0 fully saturated rings. The predicted octanol–water partition coefficient (Wildman–Crippen LogP) is 3.83. The summed E-state index contributed by atoms with van der Waals surface area (Å²) in [6, 6.07) is 2.71. The van der Waals surface area contributed by atoms with Gasteiger partial charge in [-0.2, -0.15) is 11.3 Å². The summed E-state index contributed by atoms with van der Waals surface area (Å²) in [5.74, 6) is 0. The molecule has 1 rings (SSSR count). The Hall–Kier alpha value is -0.340. The number of hydrogen-bond donors (Lipinski definition) is 1. The molecule has 2 heteroatoms. The van der Waals surface area contributed by atoms with Gasteiger partial charge in [0.05, 0.1) is 0 Å². The van der Waals surface area contributed by atoms with Crippen LogP contribution < -0.4 is 5.32 Å². The lowest BCUT2D eigenvalue weighted by molar-refractivity contribution is 0.274. The van der Waals surface area contributed by atoms with Crippen LogP contribution in [0.2, 0.25) is 0 Å². The molecule has 1 nitrogen and oxygen atoms in total. The molecule has 14 heavy (non-hydrogen) atoms. The third-order valence-electron chi connectivity index (χ3n) is 2.34. The zero-order valence-corrected chi connectivity index (χ0v) is 10.4. The normalized spacial score (nSPS) is 14.3. The van der Waals surface area contributed by atoms with Crippen molar-refractivity contribution in [2.75, 3.05) is 6.54 Å². The van der Waals surface area contributed by atoms with Crippen molar-refractivity contribution >= 4 is 11.3 Å². The van der Waals surface area contributed by atoms with Crippen LogP contribution in [0.3, 0.4) is 0 Å². The summed E-state index contributed by atoms with van der Waals surface area (Å²) < 4.78 is 0. The SMILES string of the molecule is CCCNC(c1ccsc1)C(C)(C)C. The van der Waals surface area contributed by atoms with E-state index >= 15 is 0 Å². The van der Waals surface area contributed by atoms with E-state index in [0.717, 1.165) is 6.54 Å². The standard InChI is InChI=1S/C12H21NS/c1-5-7-13-11(12(2,3)4)10-6-8-14-9-10/h6,8-9,11,13H,5,7H2,1-4H3. The first-order chi connectivity index (χ1) is 6.55. The van der Waals surface area contributed by atoms with Crippen molar-refractivity contribution < 1.29 is 0 Å². The van der Waals surface area contributed by atoms with E-state index in [-0.39, 0.29) is 5.41 Å². The van der Waals surface area contributed by atoms with Gasteiger partial charge in [0.25, 0.3) is 0 Å². The summed E-state index contributed by atoms with van der Waals surface area (Å²) in [6.07, 6.45) is 1.19. The van der Waals surface area contributed by atoms with Crippen molar-refractivity contribution in [1.82, 2.24) is 5.32 Å². The predicted molar refractivity (Wildman–Crippen MR) is 64.8 cm³/mol. The van der Waals surface area contributed by atoms with Crippen LogP contribution in [0.4, 0.5) is 0 Å². The molecule has 1 N–H and O–H groups in total. The van der Waals surface area contributed by atoms with Crippen LogP contribution in [0.15, 0.2) is 16.8 Å². The highest BCUT2D eigenvalue weighted by molar-refractivity contribution is 7.07. The largest absolute Gasteiger partial charge is 0.309 e. The molecular weight excluding hydrogens is 190 g/mol. The second-order valence-electron chi connectivity index (χ2n) is 4.81. The molecule has 0 spiro atoms. The lowest BCUT2D eigenvalue weighted by Crippen LogP contribution is -2.32. The van der Waals surface area contributed by atoms with Crippen LogP contribution in [0.1, 0.15) is 45.7 Å². The first kappa shape index (κ1) is 11.7. The third-order valence-corrected chi connectivity index (χ3v) is 3.04. The van der Waals surface area contributed by atoms with E-state index < -0.39 is 0 Å². The quantitative estimate of drug-likeness (QED) is 0.798. The van der Waals surface area contributed by atoms with E-state index in [1.54, 1.807) is 11.3 Å². The van der Waals surface area contributed by atoms with E-state index in [2.05, 4.69) is 49.8 Å². The maximum absolute atomic E-state index is 3.62. The molecule has 80 valence electrons. The third kappa shape index (κ3) is 3.10. The van der Waals surface area contributed by atoms with E-state index in [4.69, 9.17) is 0 Å². The van der Waals surface area contributed by atoms with Crippen molar-refractivity contribution in [3.63, 3.8) is 0 Å². The van der Waals surface area contributed by atoms with E-state index in [1.165, 1.54) is 12.0 Å². The van der Waals surface area contributed by atoms with Gasteiger partial charge in [-0.3, -0.25) is 0 Å².